The van der Waals surface area contributed by atoms with Crippen LogP contribution in [-0.2, 0) is 4.79 Å². The molecule has 0 bridgehead atoms. The van der Waals surface area contributed by atoms with Gasteiger partial charge < -0.3 is 10.6 Å². The fraction of sp³-hybridized carbons (Fsp3) is 0.0800. The Morgan fingerprint density at radius 3 is 2.34 bits per heavy atom. The molecule has 0 atom stereocenters. The van der Waals surface area contributed by atoms with Crippen LogP contribution in [0.2, 0.25) is 5.02 Å². The summed E-state index contributed by atoms with van der Waals surface area (Å²) in [6, 6.07) is 19.8. The lowest BCUT2D eigenvalue weighted by Gasteiger charge is -2.13. The molecule has 0 fully saturated rings. The Hall–Kier alpha value is -3.48. The number of carbonyl (C=O) groups is 2. The van der Waals surface area contributed by atoms with Crippen LogP contribution < -0.4 is 16.0 Å². The van der Waals surface area contributed by atoms with Crippen LogP contribution >= 0.6 is 23.8 Å². The number of amides is 2. The van der Waals surface area contributed by atoms with Crippen molar-refractivity contribution >= 4 is 58.2 Å². The van der Waals surface area contributed by atoms with E-state index in [1.807, 2.05) is 32.0 Å². The van der Waals surface area contributed by atoms with Crippen LogP contribution in [0.15, 0.2) is 72.8 Å². The first-order valence-electron chi connectivity index (χ1n) is 9.85. The van der Waals surface area contributed by atoms with Gasteiger partial charge in [-0.1, -0.05) is 41.9 Å². The number of hydrogen-bond acceptors (Lipinski definition) is 3. The van der Waals surface area contributed by atoms with E-state index in [4.69, 9.17) is 23.8 Å². The SMILES string of the molecule is Cc1ccc(NC(=O)c2ccccc2NC(=S)NC(=O)/C=C/c2ccc(Cl)cc2)cc1C. The van der Waals surface area contributed by atoms with Crippen LogP contribution in [0.1, 0.15) is 27.0 Å². The molecule has 0 saturated heterocycles. The molecule has 7 heteroatoms. The number of anilines is 2. The fourth-order valence-corrected chi connectivity index (χ4v) is 3.20. The molecule has 0 heterocycles. The number of benzene rings is 3. The van der Waals surface area contributed by atoms with Crippen molar-refractivity contribution in [2.45, 2.75) is 13.8 Å². The van der Waals surface area contributed by atoms with Crippen LogP contribution in [0.25, 0.3) is 6.08 Å². The Bertz CT molecular complexity index is 1190. The van der Waals surface area contributed by atoms with Crippen molar-refractivity contribution < 1.29 is 9.59 Å². The average Bonchev–Trinajstić information content (AvgIpc) is 2.76. The first-order chi connectivity index (χ1) is 15.3. The predicted octanol–water partition coefficient (Wildman–Crippen LogP) is 5.74. The van der Waals surface area contributed by atoms with Crippen LogP contribution in [0.4, 0.5) is 11.4 Å². The largest absolute Gasteiger partial charge is 0.332 e. The number of para-hydroxylation sites is 1. The molecule has 3 rings (SSSR count). The lowest BCUT2D eigenvalue weighted by molar-refractivity contribution is -0.115. The molecular formula is C25H22ClN3O2S. The summed E-state index contributed by atoms with van der Waals surface area (Å²) in [7, 11) is 0. The van der Waals surface area contributed by atoms with E-state index in [0.29, 0.717) is 22.0 Å². The maximum atomic E-state index is 12.8. The van der Waals surface area contributed by atoms with Gasteiger partial charge in [0.2, 0.25) is 5.91 Å². The van der Waals surface area contributed by atoms with E-state index >= 15 is 0 Å². The van der Waals surface area contributed by atoms with Crippen LogP contribution in [0, 0.1) is 13.8 Å². The highest BCUT2D eigenvalue weighted by Gasteiger charge is 2.13. The molecule has 32 heavy (non-hydrogen) atoms. The Morgan fingerprint density at radius 1 is 0.906 bits per heavy atom. The van der Waals surface area contributed by atoms with E-state index in [2.05, 4.69) is 16.0 Å². The molecule has 5 nitrogen and oxygen atoms in total. The number of hydrogen-bond donors (Lipinski definition) is 3. The zero-order chi connectivity index (χ0) is 23.1. The molecule has 162 valence electrons. The summed E-state index contributed by atoms with van der Waals surface area (Å²) in [4.78, 5) is 25.0. The third-order valence-corrected chi connectivity index (χ3v) is 5.17. The lowest BCUT2D eigenvalue weighted by Crippen LogP contribution is -2.33. The smallest absolute Gasteiger partial charge is 0.257 e. The molecule has 0 spiro atoms. The zero-order valence-electron chi connectivity index (χ0n) is 17.6. The number of rotatable bonds is 5. The van der Waals surface area contributed by atoms with Crippen LogP contribution in [0.5, 0.6) is 0 Å². The maximum absolute atomic E-state index is 12.8. The second-order valence-electron chi connectivity index (χ2n) is 7.13. The molecule has 0 unspecified atom stereocenters. The molecule has 3 N–H and O–H groups in total. The van der Waals surface area contributed by atoms with Gasteiger partial charge in [0.05, 0.1) is 11.3 Å². The van der Waals surface area contributed by atoms with Crippen molar-refractivity contribution in [3.05, 3.63) is 100 Å². The summed E-state index contributed by atoms with van der Waals surface area (Å²) < 4.78 is 0. The molecule has 0 aliphatic rings. The van der Waals surface area contributed by atoms with Gasteiger partial charge in [-0.3, -0.25) is 14.9 Å². The summed E-state index contributed by atoms with van der Waals surface area (Å²) in [6.45, 7) is 4.00. The van der Waals surface area contributed by atoms with E-state index in [9.17, 15) is 9.59 Å². The van der Waals surface area contributed by atoms with Gasteiger partial charge in [0.25, 0.3) is 5.91 Å². The predicted molar refractivity (Wildman–Crippen MR) is 135 cm³/mol. The van der Waals surface area contributed by atoms with Gasteiger partial charge in [0, 0.05) is 16.8 Å². The normalized spacial score (nSPS) is 10.6. The molecular weight excluding hydrogens is 442 g/mol. The van der Waals surface area contributed by atoms with Crippen molar-refractivity contribution in [3.63, 3.8) is 0 Å². The van der Waals surface area contributed by atoms with Crippen molar-refractivity contribution in [2.24, 2.45) is 0 Å². The molecule has 0 aliphatic heterocycles. The van der Waals surface area contributed by atoms with Crippen LogP contribution in [0.3, 0.4) is 0 Å². The molecule has 0 saturated carbocycles. The van der Waals surface area contributed by atoms with Crippen molar-refractivity contribution in [1.82, 2.24) is 5.32 Å². The van der Waals surface area contributed by atoms with Gasteiger partial charge in [-0.15, -0.1) is 0 Å². The molecule has 0 aliphatic carbocycles. The second kappa shape index (κ2) is 10.7. The summed E-state index contributed by atoms with van der Waals surface area (Å²) in [5.74, 6) is -0.678. The van der Waals surface area contributed by atoms with E-state index in [-0.39, 0.29) is 11.0 Å². The lowest BCUT2D eigenvalue weighted by atomic mass is 10.1. The average molecular weight is 464 g/mol. The van der Waals surface area contributed by atoms with E-state index in [0.717, 1.165) is 16.7 Å². The third kappa shape index (κ3) is 6.51. The number of halogens is 1. The quantitative estimate of drug-likeness (QED) is 0.333. The van der Waals surface area contributed by atoms with Gasteiger partial charge in [0.15, 0.2) is 5.11 Å². The standard InChI is InChI=1S/C25H22ClN3O2S/c1-16-7-13-20(15-17(16)2)27-24(31)21-5-3-4-6-22(21)28-25(32)29-23(30)14-10-18-8-11-19(26)12-9-18/h3-15H,1-2H3,(H,27,31)(H2,28,29,30,32)/b14-10+. The Labute approximate surface area is 197 Å². The van der Waals surface area contributed by atoms with E-state index < -0.39 is 5.91 Å². The Balaban J connectivity index is 1.63. The van der Waals surface area contributed by atoms with E-state index in [1.54, 1.807) is 54.6 Å². The molecule has 2 amide bonds. The topological polar surface area (TPSA) is 70.2 Å². The highest BCUT2D eigenvalue weighted by atomic mass is 35.5. The first kappa shape index (κ1) is 23.2. The number of aryl methyl sites for hydroxylation is 2. The summed E-state index contributed by atoms with van der Waals surface area (Å²) in [5, 5.41) is 9.10. The fourth-order valence-electron chi connectivity index (χ4n) is 2.86. The van der Waals surface area contributed by atoms with Gasteiger partial charge in [-0.05, 0) is 85.2 Å². The van der Waals surface area contributed by atoms with E-state index in [1.165, 1.54) is 6.08 Å². The maximum Gasteiger partial charge on any atom is 0.257 e. The number of thiocarbonyl (C=S) groups is 1. The molecule has 0 aromatic heterocycles. The van der Waals surface area contributed by atoms with Gasteiger partial charge in [-0.25, -0.2) is 0 Å². The Morgan fingerprint density at radius 2 is 1.62 bits per heavy atom. The third-order valence-electron chi connectivity index (χ3n) is 4.72. The monoisotopic (exact) mass is 463 g/mol. The van der Waals surface area contributed by atoms with Crippen LogP contribution in [-0.4, -0.2) is 16.9 Å². The molecule has 0 radical (unpaired) electrons. The highest BCUT2D eigenvalue weighted by Crippen LogP contribution is 2.19. The minimum Gasteiger partial charge on any atom is -0.332 e. The molecule has 3 aromatic carbocycles. The van der Waals surface area contributed by atoms with Gasteiger partial charge in [0.1, 0.15) is 0 Å². The van der Waals surface area contributed by atoms with Gasteiger partial charge >= 0.3 is 0 Å². The van der Waals surface area contributed by atoms with Crippen molar-refractivity contribution in [1.29, 1.82) is 0 Å². The minimum atomic E-state index is -0.394. The second-order valence-corrected chi connectivity index (χ2v) is 7.97. The minimum absolute atomic E-state index is 0.0854. The first-order valence-corrected chi connectivity index (χ1v) is 10.6. The highest BCUT2D eigenvalue weighted by molar-refractivity contribution is 7.80. The van der Waals surface area contributed by atoms with Crippen molar-refractivity contribution in [2.75, 3.05) is 10.6 Å². The Kier molecular flexibility index (Phi) is 7.76. The molecule has 3 aromatic rings. The van der Waals surface area contributed by atoms with Crippen molar-refractivity contribution in [3.8, 4) is 0 Å². The summed E-state index contributed by atoms with van der Waals surface area (Å²) in [5.41, 5.74) is 4.66. The number of carbonyl (C=O) groups excluding carboxylic acids is 2. The zero-order valence-corrected chi connectivity index (χ0v) is 19.2. The number of nitrogens with one attached hydrogen (secondary N) is 3. The summed E-state index contributed by atoms with van der Waals surface area (Å²) in [6.07, 6.45) is 3.02. The van der Waals surface area contributed by atoms with Gasteiger partial charge in [-0.2, -0.15) is 0 Å². The summed E-state index contributed by atoms with van der Waals surface area (Å²) >= 11 is 11.1.